The van der Waals surface area contributed by atoms with Crippen LogP contribution >= 0.6 is 23.1 Å². The van der Waals surface area contributed by atoms with Gasteiger partial charge in [-0.15, -0.1) is 11.3 Å². The highest BCUT2D eigenvalue weighted by Crippen LogP contribution is 2.34. The lowest BCUT2D eigenvalue weighted by Gasteiger charge is -2.13. The number of carbonyl (C=O) groups is 3. The SMILES string of the molecule is CCOC(=O)c1c(NC(=O)CSc2nc3ccccc3c(=O)n2Cc2ccc(F)cc2)sc(C(C)=O)c1C. The Morgan fingerprint density at radius 3 is 2.53 bits per heavy atom. The van der Waals surface area contributed by atoms with E-state index >= 15 is 0 Å². The molecule has 0 aliphatic heterocycles. The van der Waals surface area contributed by atoms with Crippen molar-refractivity contribution in [3.05, 3.63) is 86.3 Å². The third kappa shape index (κ3) is 5.84. The Hall–Kier alpha value is -3.83. The topological polar surface area (TPSA) is 107 Å². The summed E-state index contributed by atoms with van der Waals surface area (Å²) >= 11 is 2.07. The molecule has 4 aromatic rings. The molecule has 0 spiro atoms. The van der Waals surface area contributed by atoms with Crippen molar-refractivity contribution in [2.24, 2.45) is 0 Å². The minimum atomic E-state index is -0.624. The second kappa shape index (κ2) is 11.7. The number of hydrogen-bond donors (Lipinski definition) is 1. The standard InChI is InChI=1S/C27H24FN3O5S2/c1-4-36-26(35)22-15(2)23(16(3)32)38-24(22)30-21(33)14-37-27-29-20-8-6-5-7-19(20)25(34)31(27)13-17-9-11-18(28)12-10-17/h5-12H,4,13-14H2,1-3H3,(H,30,33). The van der Waals surface area contributed by atoms with Crippen LogP contribution in [0.25, 0.3) is 10.9 Å². The molecule has 1 N–H and O–H groups in total. The number of ketones is 1. The van der Waals surface area contributed by atoms with Gasteiger partial charge in [0.15, 0.2) is 10.9 Å². The van der Waals surface area contributed by atoms with Crippen LogP contribution in [0.4, 0.5) is 9.39 Å². The third-order valence-electron chi connectivity index (χ3n) is 5.61. The van der Waals surface area contributed by atoms with Gasteiger partial charge in [-0.25, -0.2) is 14.2 Å². The number of carbonyl (C=O) groups excluding carboxylic acids is 3. The van der Waals surface area contributed by atoms with Gasteiger partial charge in [-0.2, -0.15) is 0 Å². The van der Waals surface area contributed by atoms with Crippen molar-refractivity contribution < 1.29 is 23.5 Å². The predicted octanol–water partition coefficient (Wildman–Crippen LogP) is 5.06. The molecule has 196 valence electrons. The average Bonchev–Trinajstić information content (AvgIpc) is 3.21. The zero-order valence-corrected chi connectivity index (χ0v) is 22.5. The number of nitrogens with one attached hydrogen (secondary N) is 1. The van der Waals surface area contributed by atoms with Gasteiger partial charge in [0, 0.05) is 0 Å². The van der Waals surface area contributed by atoms with Gasteiger partial charge in [0.1, 0.15) is 10.8 Å². The second-order valence-corrected chi connectivity index (χ2v) is 10.3. The van der Waals surface area contributed by atoms with Crippen LogP contribution in [-0.2, 0) is 16.1 Å². The molecule has 0 radical (unpaired) electrons. The molecule has 2 aromatic heterocycles. The number of anilines is 1. The maximum atomic E-state index is 13.4. The molecule has 0 aliphatic carbocycles. The van der Waals surface area contributed by atoms with E-state index in [4.69, 9.17) is 4.74 Å². The van der Waals surface area contributed by atoms with Crippen LogP contribution < -0.4 is 10.9 Å². The molecule has 0 atom stereocenters. The fraction of sp³-hybridized carbons (Fsp3) is 0.222. The lowest BCUT2D eigenvalue weighted by atomic mass is 10.1. The second-order valence-electron chi connectivity index (χ2n) is 8.30. The highest BCUT2D eigenvalue weighted by Gasteiger charge is 2.25. The fourth-order valence-corrected chi connectivity index (χ4v) is 5.75. The van der Waals surface area contributed by atoms with E-state index in [0.717, 1.165) is 23.1 Å². The Bertz CT molecular complexity index is 1600. The third-order valence-corrected chi connectivity index (χ3v) is 7.90. The molecule has 0 fully saturated rings. The van der Waals surface area contributed by atoms with Crippen LogP contribution in [0.2, 0.25) is 0 Å². The number of benzene rings is 2. The highest BCUT2D eigenvalue weighted by molar-refractivity contribution is 7.99. The van der Waals surface area contributed by atoms with E-state index in [1.54, 1.807) is 50.2 Å². The van der Waals surface area contributed by atoms with Crippen molar-refractivity contribution in [1.29, 1.82) is 0 Å². The summed E-state index contributed by atoms with van der Waals surface area (Å²) in [5.41, 5.74) is 1.50. The summed E-state index contributed by atoms with van der Waals surface area (Å²) in [5.74, 6) is -1.81. The molecule has 4 rings (SSSR count). The minimum Gasteiger partial charge on any atom is -0.462 e. The number of esters is 1. The van der Waals surface area contributed by atoms with Crippen molar-refractivity contribution >= 4 is 56.7 Å². The maximum absolute atomic E-state index is 13.4. The van der Waals surface area contributed by atoms with Gasteiger partial charge in [0.2, 0.25) is 5.91 Å². The summed E-state index contributed by atoms with van der Waals surface area (Å²) < 4.78 is 20.0. The lowest BCUT2D eigenvalue weighted by Crippen LogP contribution is -2.25. The molecule has 11 heteroatoms. The molecule has 0 saturated carbocycles. The van der Waals surface area contributed by atoms with Crippen LogP contribution in [0.15, 0.2) is 58.5 Å². The molecule has 0 bridgehead atoms. The molecule has 8 nitrogen and oxygen atoms in total. The molecule has 0 unspecified atom stereocenters. The van der Waals surface area contributed by atoms with E-state index in [-0.39, 0.29) is 46.6 Å². The number of thiophene rings is 1. The minimum absolute atomic E-state index is 0.122. The van der Waals surface area contributed by atoms with Crippen LogP contribution in [0, 0.1) is 12.7 Å². The number of rotatable bonds is 9. The Labute approximate surface area is 225 Å². The zero-order valence-electron chi connectivity index (χ0n) is 20.9. The van der Waals surface area contributed by atoms with E-state index in [2.05, 4.69) is 10.3 Å². The normalized spacial score (nSPS) is 10.9. The maximum Gasteiger partial charge on any atom is 0.341 e. The Kier molecular flexibility index (Phi) is 8.38. The lowest BCUT2D eigenvalue weighted by molar-refractivity contribution is -0.113. The number of para-hydroxylation sites is 1. The summed E-state index contributed by atoms with van der Waals surface area (Å²) in [6, 6.07) is 12.7. The molecule has 2 heterocycles. The van der Waals surface area contributed by atoms with Gasteiger partial charge < -0.3 is 10.1 Å². The average molecular weight is 554 g/mol. The quantitative estimate of drug-likeness (QED) is 0.134. The molecular weight excluding hydrogens is 529 g/mol. The summed E-state index contributed by atoms with van der Waals surface area (Å²) in [4.78, 5) is 55.8. The van der Waals surface area contributed by atoms with Crippen molar-refractivity contribution in [2.75, 3.05) is 17.7 Å². The first-order valence-electron chi connectivity index (χ1n) is 11.7. The molecule has 38 heavy (non-hydrogen) atoms. The Morgan fingerprint density at radius 1 is 1.13 bits per heavy atom. The zero-order chi connectivity index (χ0) is 27.4. The predicted molar refractivity (Wildman–Crippen MR) is 146 cm³/mol. The molecule has 0 saturated heterocycles. The number of fused-ring (bicyclic) bond motifs is 1. The molecule has 2 aromatic carbocycles. The number of aromatic nitrogens is 2. The summed E-state index contributed by atoms with van der Waals surface area (Å²) in [5, 5.41) is 3.68. The number of thioether (sulfide) groups is 1. The van der Waals surface area contributed by atoms with Gasteiger partial charge in [-0.05, 0) is 56.2 Å². The van der Waals surface area contributed by atoms with Gasteiger partial charge in [-0.3, -0.25) is 19.0 Å². The van der Waals surface area contributed by atoms with E-state index in [1.165, 1.54) is 23.6 Å². The van der Waals surface area contributed by atoms with Crippen molar-refractivity contribution in [3.63, 3.8) is 0 Å². The largest absolute Gasteiger partial charge is 0.462 e. The van der Waals surface area contributed by atoms with Gasteiger partial charge in [0.25, 0.3) is 5.56 Å². The summed E-state index contributed by atoms with van der Waals surface area (Å²) in [7, 11) is 0. The fourth-order valence-electron chi connectivity index (χ4n) is 3.85. The van der Waals surface area contributed by atoms with Crippen LogP contribution in [0.1, 0.15) is 45.0 Å². The van der Waals surface area contributed by atoms with E-state index in [9.17, 15) is 23.6 Å². The first-order chi connectivity index (χ1) is 18.2. The summed E-state index contributed by atoms with van der Waals surface area (Å²) in [6.07, 6.45) is 0. The van der Waals surface area contributed by atoms with Crippen molar-refractivity contribution in [3.8, 4) is 0 Å². The van der Waals surface area contributed by atoms with E-state index in [0.29, 0.717) is 32.1 Å². The highest BCUT2D eigenvalue weighted by atomic mass is 32.2. The number of amides is 1. The molecule has 1 amide bonds. The van der Waals surface area contributed by atoms with E-state index < -0.39 is 11.9 Å². The smallest absolute Gasteiger partial charge is 0.341 e. The summed E-state index contributed by atoms with van der Waals surface area (Å²) in [6.45, 7) is 4.98. The van der Waals surface area contributed by atoms with Crippen LogP contribution in [0.5, 0.6) is 0 Å². The van der Waals surface area contributed by atoms with Gasteiger partial charge in [-0.1, -0.05) is 36.0 Å². The van der Waals surface area contributed by atoms with Crippen LogP contribution in [-0.4, -0.2) is 39.6 Å². The van der Waals surface area contributed by atoms with Gasteiger partial charge in [0.05, 0.1) is 40.2 Å². The first kappa shape index (κ1) is 27.2. The Morgan fingerprint density at radius 2 is 1.84 bits per heavy atom. The first-order valence-corrected chi connectivity index (χ1v) is 13.5. The van der Waals surface area contributed by atoms with Crippen molar-refractivity contribution in [2.45, 2.75) is 32.5 Å². The molecule has 0 aliphatic rings. The van der Waals surface area contributed by atoms with Crippen LogP contribution in [0.3, 0.4) is 0 Å². The van der Waals surface area contributed by atoms with E-state index in [1.807, 2.05) is 0 Å². The van der Waals surface area contributed by atoms with Gasteiger partial charge >= 0.3 is 5.97 Å². The Balaban J connectivity index is 1.62. The number of ether oxygens (including phenoxy) is 1. The monoisotopic (exact) mass is 553 g/mol. The molecular formula is C27H24FN3O5S2. The number of halogens is 1. The number of hydrogen-bond acceptors (Lipinski definition) is 8. The number of nitrogens with zero attached hydrogens (tertiary/aromatic N) is 2. The van der Waals surface area contributed by atoms with Crippen molar-refractivity contribution in [1.82, 2.24) is 9.55 Å². The number of Topliss-reactive ketones (excluding diaryl/α,β-unsaturated/α-hetero) is 1.